The Kier molecular flexibility index (Phi) is 4.66. The van der Waals surface area contributed by atoms with E-state index in [2.05, 4.69) is 21.2 Å². The molecule has 0 aliphatic carbocycles. The topological polar surface area (TPSA) is 12.0 Å². The van der Waals surface area contributed by atoms with Crippen LogP contribution in [0.2, 0.25) is 0 Å². The number of halogens is 3. The van der Waals surface area contributed by atoms with Crippen molar-refractivity contribution in [3.8, 4) is 0 Å². The Balaban J connectivity index is 2.05. The van der Waals surface area contributed by atoms with E-state index in [1.165, 1.54) is 6.07 Å². The van der Waals surface area contributed by atoms with Crippen molar-refractivity contribution in [1.82, 2.24) is 5.32 Å². The maximum Gasteiger partial charge on any atom is 0.128 e. The van der Waals surface area contributed by atoms with Crippen LogP contribution in [0.5, 0.6) is 0 Å². The van der Waals surface area contributed by atoms with Crippen LogP contribution < -0.4 is 5.32 Å². The lowest BCUT2D eigenvalue weighted by Gasteiger charge is -2.15. The lowest BCUT2D eigenvalue weighted by Crippen LogP contribution is -2.19. The van der Waals surface area contributed by atoms with Gasteiger partial charge >= 0.3 is 0 Å². The van der Waals surface area contributed by atoms with Crippen molar-refractivity contribution in [3.05, 3.63) is 69.7 Å². The van der Waals surface area contributed by atoms with E-state index in [1.807, 2.05) is 31.2 Å². The van der Waals surface area contributed by atoms with Crippen LogP contribution in [0.25, 0.3) is 0 Å². The van der Waals surface area contributed by atoms with Gasteiger partial charge in [0.25, 0.3) is 0 Å². The Bertz CT molecular complexity index is 572. The summed E-state index contributed by atoms with van der Waals surface area (Å²) in [6.07, 6.45) is 0. The minimum absolute atomic E-state index is 0.255. The minimum atomic E-state index is -0.424. The van der Waals surface area contributed by atoms with Crippen molar-refractivity contribution < 1.29 is 8.78 Å². The van der Waals surface area contributed by atoms with Gasteiger partial charge in [-0.2, -0.15) is 0 Å². The number of nitrogens with one attached hydrogen (secondary N) is 1. The predicted molar refractivity (Wildman–Crippen MR) is 75.8 cm³/mol. The monoisotopic (exact) mass is 325 g/mol. The Morgan fingerprint density at radius 3 is 2.68 bits per heavy atom. The molecule has 1 unspecified atom stereocenters. The van der Waals surface area contributed by atoms with Crippen molar-refractivity contribution in [2.24, 2.45) is 0 Å². The Morgan fingerprint density at radius 1 is 1.16 bits per heavy atom. The summed E-state index contributed by atoms with van der Waals surface area (Å²) in [5.41, 5.74) is 1.42. The Morgan fingerprint density at radius 2 is 1.95 bits per heavy atom. The molecule has 0 bridgehead atoms. The second-order valence-electron chi connectivity index (χ2n) is 4.40. The molecule has 1 N–H and O–H groups in total. The second-order valence-corrected chi connectivity index (χ2v) is 5.31. The van der Waals surface area contributed by atoms with Crippen LogP contribution in [-0.4, -0.2) is 0 Å². The van der Waals surface area contributed by atoms with Crippen molar-refractivity contribution in [1.29, 1.82) is 0 Å². The minimum Gasteiger partial charge on any atom is -0.306 e. The predicted octanol–water partition coefficient (Wildman–Crippen LogP) is 4.58. The molecule has 4 heteroatoms. The fraction of sp³-hybridized carbons (Fsp3) is 0.200. The number of rotatable bonds is 4. The zero-order valence-corrected chi connectivity index (χ0v) is 12.0. The average molecular weight is 326 g/mol. The van der Waals surface area contributed by atoms with Crippen LogP contribution in [-0.2, 0) is 6.54 Å². The molecule has 0 saturated heterocycles. The molecule has 0 aromatic heterocycles. The summed E-state index contributed by atoms with van der Waals surface area (Å²) in [4.78, 5) is 0. The highest BCUT2D eigenvalue weighted by Crippen LogP contribution is 2.19. The van der Waals surface area contributed by atoms with Gasteiger partial charge in [-0.3, -0.25) is 0 Å². The first kappa shape index (κ1) is 14.2. The first-order valence-corrected chi connectivity index (χ1v) is 6.78. The molecule has 1 atom stereocenters. The first-order valence-electron chi connectivity index (χ1n) is 5.99. The summed E-state index contributed by atoms with van der Waals surface area (Å²) in [5, 5.41) is 3.18. The number of hydrogen-bond donors (Lipinski definition) is 1. The molecule has 0 amide bonds. The summed E-state index contributed by atoms with van der Waals surface area (Å²) in [6.45, 7) is 2.41. The fourth-order valence-electron chi connectivity index (χ4n) is 1.87. The molecular formula is C15H14BrF2N. The molecule has 0 spiro atoms. The molecule has 1 nitrogen and oxygen atoms in total. The van der Waals surface area contributed by atoms with Gasteiger partial charge < -0.3 is 5.32 Å². The van der Waals surface area contributed by atoms with Gasteiger partial charge in [0.2, 0.25) is 0 Å². The summed E-state index contributed by atoms with van der Waals surface area (Å²) in [7, 11) is 0. The van der Waals surface area contributed by atoms with Crippen LogP contribution in [0.3, 0.4) is 0 Å². The van der Waals surface area contributed by atoms with Crippen LogP contribution in [0, 0.1) is 11.6 Å². The fourth-order valence-corrected chi connectivity index (χ4v) is 2.32. The summed E-state index contributed by atoms with van der Waals surface area (Å²) in [5.74, 6) is -0.817. The van der Waals surface area contributed by atoms with Crippen LogP contribution >= 0.6 is 15.9 Å². The van der Waals surface area contributed by atoms with E-state index in [4.69, 9.17) is 0 Å². The van der Waals surface area contributed by atoms with Gasteiger partial charge in [0.05, 0.1) is 0 Å². The van der Waals surface area contributed by atoms with Gasteiger partial charge in [0.1, 0.15) is 11.6 Å². The van der Waals surface area contributed by atoms with E-state index >= 15 is 0 Å². The molecule has 2 rings (SSSR count). The van der Waals surface area contributed by atoms with E-state index in [1.54, 1.807) is 0 Å². The van der Waals surface area contributed by atoms with Gasteiger partial charge in [0, 0.05) is 22.6 Å². The quantitative estimate of drug-likeness (QED) is 0.867. The zero-order chi connectivity index (χ0) is 13.8. The SMILES string of the molecule is CC(NCc1cccc(Br)c1)c1cc(F)ccc1F. The molecule has 0 saturated carbocycles. The lowest BCUT2D eigenvalue weighted by molar-refractivity contribution is 0.518. The molecule has 100 valence electrons. The molecule has 2 aromatic rings. The molecular weight excluding hydrogens is 312 g/mol. The molecule has 0 aliphatic rings. The molecule has 0 aliphatic heterocycles. The molecule has 0 heterocycles. The average Bonchev–Trinajstić information content (AvgIpc) is 2.39. The van der Waals surface area contributed by atoms with Crippen LogP contribution in [0.15, 0.2) is 46.9 Å². The highest BCUT2D eigenvalue weighted by atomic mass is 79.9. The second kappa shape index (κ2) is 6.26. The van der Waals surface area contributed by atoms with E-state index in [9.17, 15) is 8.78 Å². The summed E-state index contributed by atoms with van der Waals surface area (Å²) >= 11 is 3.40. The van der Waals surface area contributed by atoms with Crippen molar-refractivity contribution in [3.63, 3.8) is 0 Å². The smallest absolute Gasteiger partial charge is 0.128 e. The molecule has 2 aromatic carbocycles. The Labute approximate surface area is 119 Å². The van der Waals surface area contributed by atoms with Gasteiger partial charge in [-0.1, -0.05) is 28.1 Å². The van der Waals surface area contributed by atoms with E-state index < -0.39 is 11.6 Å². The highest BCUT2D eigenvalue weighted by Gasteiger charge is 2.11. The largest absolute Gasteiger partial charge is 0.306 e. The molecule has 19 heavy (non-hydrogen) atoms. The zero-order valence-electron chi connectivity index (χ0n) is 10.5. The first-order chi connectivity index (χ1) is 9.06. The third-order valence-corrected chi connectivity index (χ3v) is 3.42. The third kappa shape index (κ3) is 3.85. The Hall–Kier alpha value is -1.26. The summed E-state index contributed by atoms with van der Waals surface area (Å²) in [6, 6.07) is 11.1. The highest BCUT2D eigenvalue weighted by molar-refractivity contribution is 9.10. The van der Waals surface area contributed by atoms with Crippen molar-refractivity contribution in [2.75, 3.05) is 0 Å². The van der Waals surface area contributed by atoms with Gasteiger partial charge in [-0.05, 0) is 42.8 Å². The van der Waals surface area contributed by atoms with Crippen LogP contribution in [0.1, 0.15) is 24.1 Å². The van der Waals surface area contributed by atoms with E-state index in [-0.39, 0.29) is 6.04 Å². The van der Waals surface area contributed by atoms with Gasteiger partial charge in [-0.25, -0.2) is 8.78 Å². The summed E-state index contributed by atoms with van der Waals surface area (Å²) < 4.78 is 27.7. The van der Waals surface area contributed by atoms with Crippen molar-refractivity contribution >= 4 is 15.9 Å². The normalized spacial score (nSPS) is 12.4. The maximum atomic E-state index is 13.6. The number of benzene rings is 2. The maximum absolute atomic E-state index is 13.6. The van der Waals surface area contributed by atoms with Crippen molar-refractivity contribution in [2.45, 2.75) is 19.5 Å². The van der Waals surface area contributed by atoms with Gasteiger partial charge in [0.15, 0.2) is 0 Å². The van der Waals surface area contributed by atoms with E-state index in [0.29, 0.717) is 12.1 Å². The van der Waals surface area contributed by atoms with E-state index in [0.717, 1.165) is 22.2 Å². The number of hydrogen-bond acceptors (Lipinski definition) is 1. The van der Waals surface area contributed by atoms with Crippen LogP contribution in [0.4, 0.5) is 8.78 Å². The van der Waals surface area contributed by atoms with Gasteiger partial charge in [-0.15, -0.1) is 0 Å². The third-order valence-electron chi connectivity index (χ3n) is 2.93. The molecule has 0 fully saturated rings. The standard InChI is InChI=1S/C15H14BrF2N/c1-10(14-8-13(17)5-6-15(14)18)19-9-11-3-2-4-12(16)7-11/h2-8,10,19H,9H2,1H3. The lowest BCUT2D eigenvalue weighted by atomic mass is 10.1. The molecule has 0 radical (unpaired) electrons.